The zero-order chi connectivity index (χ0) is 21.3. The van der Waals surface area contributed by atoms with Crippen molar-refractivity contribution in [2.45, 2.75) is 19.9 Å². The molecule has 5 nitrogen and oxygen atoms in total. The highest BCUT2D eigenvalue weighted by molar-refractivity contribution is 7.80. The molecule has 0 unspecified atom stereocenters. The highest BCUT2D eigenvalue weighted by Gasteiger charge is 2.16. The number of benzene rings is 2. The van der Waals surface area contributed by atoms with E-state index in [4.69, 9.17) is 33.3 Å². The SMILES string of the molecule is COc1ccc(C)cc1NC(=S)N(CCCN1CCOCC1)Cc1ccccc1Cl. The van der Waals surface area contributed by atoms with Gasteiger partial charge in [-0.3, -0.25) is 4.90 Å². The lowest BCUT2D eigenvalue weighted by Gasteiger charge is -2.30. The summed E-state index contributed by atoms with van der Waals surface area (Å²) in [4.78, 5) is 4.62. The van der Waals surface area contributed by atoms with Crippen LogP contribution in [-0.2, 0) is 11.3 Å². The van der Waals surface area contributed by atoms with Crippen LogP contribution in [0.4, 0.5) is 5.69 Å². The van der Waals surface area contributed by atoms with E-state index in [1.807, 2.05) is 42.5 Å². The van der Waals surface area contributed by atoms with E-state index in [1.165, 1.54) is 0 Å². The number of hydrogen-bond donors (Lipinski definition) is 1. The van der Waals surface area contributed by atoms with Crippen molar-refractivity contribution in [1.82, 2.24) is 9.80 Å². The first-order chi connectivity index (χ1) is 14.6. The number of methoxy groups -OCH3 is 1. The van der Waals surface area contributed by atoms with Crippen LogP contribution < -0.4 is 10.1 Å². The minimum atomic E-state index is 0.656. The Bertz CT molecular complexity index is 843. The van der Waals surface area contributed by atoms with Gasteiger partial charge in [0.25, 0.3) is 0 Å². The van der Waals surface area contributed by atoms with Gasteiger partial charge >= 0.3 is 0 Å². The van der Waals surface area contributed by atoms with Crippen LogP contribution in [0.2, 0.25) is 5.02 Å². The van der Waals surface area contributed by atoms with E-state index in [-0.39, 0.29) is 0 Å². The molecule has 1 saturated heterocycles. The third-order valence-electron chi connectivity index (χ3n) is 5.21. The molecule has 7 heteroatoms. The molecule has 0 saturated carbocycles. The maximum Gasteiger partial charge on any atom is 0.173 e. The molecule has 3 rings (SSSR count). The van der Waals surface area contributed by atoms with E-state index < -0.39 is 0 Å². The molecule has 1 aliphatic rings. The fourth-order valence-corrected chi connectivity index (χ4v) is 3.97. The van der Waals surface area contributed by atoms with Gasteiger partial charge in [0.2, 0.25) is 0 Å². The van der Waals surface area contributed by atoms with Gasteiger partial charge in [-0.15, -0.1) is 0 Å². The lowest BCUT2D eigenvalue weighted by molar-refractivity contribution is 0.0368. The van der Waals surface area contributed by atoms with Crippen molar-refractivity contribution in [3.8, 4) is 5.75 Å². The maximum atomic E-state index is 6.42. The minimum Gasteiger partial charge on any atom is -0.495 e. The second-order valence-electron chi connectivity index (χ2n) is 7.45. The van der Waals surface area contributed by atoms with Gasteiger partial charge < -0.3 is 19.7 Å². The molecule has 0 spiro atoms. The van der Waals surface area contributed by atoms with E-state index in [1.54, 1.807) is 7.11 Å². The highest BCUT2D eigenvalue weighted by Crippen LogP contribution is 2.26. The minimum absolute atomic E-state index is 0.656. The Kier molecular flexibility index (Phi) is 8.75. The van der Waals surface area contributed by atoms with E-state index in [2.05, 4.69) is 22.0 Å². The van der Waals surface area contributed by atoms with Crippen LogP contribution in [0.15, 0.2) is 42.5 Å². The molecule has 0 radical (unpaired) electrons. The fraction of sp³-hybridized carbons (Fsp3) is 0.435. The first kappa shape index (κ1) is 22.8. The number of morpholine rings is 1. The number of anilines is 1. The summed E-state index contributed by atoms with van der Waals surface area (Å²) < 4.78 is 10.9. The largest absolute Gasteiger partial charge is 0.495 e. The molecule has 30 heavy (non-hydrogen) atoms. The van der Waals surface area contributed by atoms with Crippen LogP contribution in [0.5, 0.6) is 5.75 Å². The molecule has 1 fully saturated rings. The lowest BCUT2D eigenvalue weighted by atomic mass is 10.2. The lowest BCUT2D eigenvalue weighted by Crippen LogP contribution is -2.40. The number of rotatable bonds is 8. The Morgan fingerprint density at radius 2 is 2.00 bits per heavy atom. The summed E-state index contributed by atoms with van der Waals surface area (Å²) in [5, 5.41) is 4.81. The first-order valence-corrected chi connectivity index (χ1v) is 11.1. The van der Waals surface area contributed by atoms with Gasteiger partial charge in [-0.25, -0.2) is 0 Å². The molecular formula is C23H30ClN3O2S. The normalized spacial score (nSPS) is 14.4. The van der Waals surface area contributed by atoms with Crippen LogP contribution in [0, 0.1) is 6.92 Å². The zero-order valence-electron chi connectivity index (χ0n) is 17.7. The molecule has 1 aliphatic heterocycles. The third-order valence-corrected chi connectivity index (χ3v) is 5.94. The number of nitrogens with one attached hydrogen (secondary N) is 1. The van der Waals surface area contributed by atoms with E-state index in [0.717, 1.165) is 73.4 Å². The molecule has 0 atom stereocenters. The standard InChI is InChI=1S/C23H30ClN3O2S/c1-18-8-9-22(28-2)21(16-18)25-23(30)27(17-19-6-3-4-7-20(19)24)11-5-10-26-12-14-29-15-13-26/h3-4,6-9,16H,5,10-15,17H2,1-2H3,(H,25,30). The van der Waals surface area contributed by atoms with Gasteiger partial charge in [0, 0.05) is 37.7 Å². The molecule has 0 aromatic heterocycles. The number of nitrogens with zero attached hydrogens (tertiary/aromatic N) is 2. The van der Waals surface area contributed by atoms with E-state index in [9.17, 15) is 0 Å². The van der Waals surface area contributed by atoms with Crippen molar-refractivity contribution >= 4 is 34.6 Å². The van der Waals surface area contributed by atoms with Crippen molar-refractivity contribution in [1.29, 1.82) is 0 Å². The van der Waals surface area contributed by atoms with Gasteiger partial charge in [0.15, 0.2) is 5.11 Å². The Morgan fingerprint density at radius 1 is 1.23 bits per heavy atom. The summed E-state index contributed by atoms with van der Waals surface area (Å²) in [6, 6.07) is 14.0. The average Bonchev–Trinajstić information content (AvgIpc) is 2.75. The molecule has 0 amide bonds. The molecular weight excluding hydrogens is 418 g/mol. The van der Waals surface area contributed by atoms with E-state index >= 15 is 0 Å². The van der Waals surface area contributed by atoms with Crippen molar-refractivity contribution in [2.75, 3.05) is 51.8 Å². The Labute approximate surface area is 189 Å². The van der Waals surface area contributed by atoms with Crippen LogP contribution in [-0.4, -0.2) is 61.4 Å². The van der Waals surface area contributed by atoms with Crippen LogP contribution in [0.1, 0.15) is 17.5 Å². The van der Waals surface area contributed by atoms with Crippen molar-refractivity contribution in [2.24, 2.45) is 0 Å². The molecule has 0 bridgehead atoms. The molecule has 2 aromatic rings. The van der Waals surface area contributed by atoms with Gasteiger partial charge in [-0.2, -0.15) is 0 Å². The van der Waals surface area contributed by atoms with Gasteiger partial charge in [0.05, 0.1) is 26.0 Å². The summed E-state index contributed by atoms with van der Waals surface area (Å²) in [5.41, 5.74) is 3.08. The monoisotopic (exact) mass is 447 g/mol. The molecule has 162 valence electrons. The van der Waals surface area contributed by atoms with Crippen molar-refractivity contribution < 1.29 is 9.47 Å². The molecule has 2 aromatic carbocycles. The molecule has 0 aliphatic carbocycles. The predicted molar refractivity (Wildman–Crippen MR) is 128 cm³/mol. The molecule has 1 heterocycles. The van der Waals surface area contributed by atoms with Crippen molar-refractivity contribution in [3.05, 3.63) is 58.6 Å². The number of halogens is 1. The Morgan fingerprint density at radius 3 is 2.73 bits per heavy atom. The van der Waals surface area contributed by atoms with Gasteiger partial charge in [-0.05, 0) is 54.9 Å². The second-order valence-corrected chi connectivity index (χ2v) is 8.25. The molecule has 1 N–H and O–H groups in total. The predicted octanol–water partition coefficient (Wildman–Crippen LogP) is 4.58. The van der Waals surface area contributed by atoms with Crippen molar-refractivity contribution in [3.63, 3.8) is 0 Å². The average molecular weight is 448 g/mol. The van der Waals surface area contributed by atoms with E-state index in [0.29, 0.717) is 11.7 Å². The number of ether oxygens (including phenoxy) is 2. The number of thiocarbonyl (C=S) groups is 1. The van der Waals surface area contributed by atoms with Gasteiger partial charge in [-0.1, -0.05) is 35.9 Å². The summed E-state index contributed by atoms with van der Waals surface area (Å²) >= 11 is 12.2. The first-order valence-electron chi connectivity index (χ1n) is 10.3. The Hall–Kier alpha value is -1.86. The quantitative estimate of drug-likeness (QED) is 0.597. The summed E-state index contributed by atoms with van der Waals surface area (Å²) in [5.74, 6) is 0.772. The zero-order valence-corrected chi connectivity index (χ0v) is 19.3. The van der Waals surface area contributed by atoms with Crippen LogP contribution >= 0.6 is 23.8 Å². The summed E-state index contributed by atoms with van der Waals surface area (Å²) in [6.07, 6.45) is 1.01. The van der Waals surface area contributed by atoms with Crippen LogP contribution in [0.25, 0.3) is 0 Å². The number of hydrogen-bond acceptors (Lipinski definition) is 4. The highest BCUT2D eigenvalue weighted by atomic mass is 35.5. The fourth-order valence-electron chi connectivity index (χ4n) is 3.51. The third kappa shape index (κ3) is 6.57. The van der Waals surface area contributed by atoms with Gasteiger partial charge in [0.1, 0.15) is 5.75 Å². The Balaban J connectivity index is 1.69. The maximum absolute atomic E-state index is 6.42. The smallest absolute Gasteiger partial charge is 0.173 e. The summed E-state index contributed by atoms with van der Waals surface area (Å²) in [7, 11) is 1.67. The summed E-state index contributed by atoms with van der Waals surface area (Å²) in [6.45, 7) is 8.19. The topological polar surface area (TPSA) is 37.0 Å². The number of aryl methyl sites for hydroxylation is 1. The second kappa shape index (κ2) is 11.5. The van der Waals surface area contributed by atoms with Crippen LogP contribution in [0.3, 0.4) is 0 Å².